The Morgan fingerprint density at radius 2 is 1.82 bits per heavy atom. The molecule has 0 aromatic heterocycles. The zero-order valence-electron chi connectivity index (χ0n) is 27.1. The van der Waals surface area contributed by atoms with E-state index in [9.17, 15) is 0 Å². The van der Waals surface area contributed by atoms with E-state index in [-0.39, 0.29) is 5.41 Å². The number of dihydropyridines is 1. The number of rotatable bonds is 11. The van der Waals surface area contributed by atoms with E-state index in [4.69, 9.17) is 11.6 Å². The van der Waals surface area contributed by atoms with E-state index < -0.39 is 0 Å². The lowest BCUT2D eigenvalue weighted by molar-refractivity contribution is 0.500. The number of hydrogen-bond donors (Lipinski definition) is 1. The summed E-state index contributed by atoms with van der Waals surface area (Å²) < 4.78 is 0. The van der Waals surface area contributed by atoms with Gasteiger partial charge in [0.1, 0.15) is 0 Å². The molecule has 2 aliphatic carbocycles. The van der Waals surface area contributed by atoms with Gasteiger partial charge in [0, 0.05) is 34.6 Å². The van der Waals surface area contributed by atoms with E-state index in [1.807, 2.05) is 0 Å². The third-order valence-electron chi connectivity index (χ3n) is 9.31. The number of nitrogens with one attached hydrogen (secondary N) is 1. The highest BCUT2D eigenvalue weighted by Crippen LogP contribution is 2.47. The molecule has 2 unspecified atom stereocenters. The maximum Gasteiger partial charge on any atom is 0.0463 e. The fourth-order valence-corrected chi connectivity index (χ4v) is 6.67. The highest BCUT2D eigenvalue weighted by atomic mass is 14.9. The molecule has 2 aliphatic heterocycles. The highest BCUT2D eigenvalue weighted by molar-refractivity contribution is 5.90. The Morgan fingerprint density at radius 3 is 2.57 bits per heavy atom. The Hall–Kier alpha value is -3.91. The molecular formula is C42H50N2. The molecule has 2 heteroatoms. The van der Waals surface area contributed by atoms with E-state index in [2.05, 4.69) is 129 Å². The number of hydrogen-bond acceptors (Lipinski definition) is 2. The summed E-state index contributed by atoms with van der Waals surface area (Å²) >= 11 is 0. The largest absolute Gasteiger partial charge is 0.381 e. The molecule has 0 bridgehead atoms. The first-order valence-corrected chi connectivity index (χ1v) is 16.8. The van der Waals surface area contributed by atoms with Gasteiger partial charge < -0.3 is 5.32 Å². The summed E-state index contributed by atoms with van der Waals surface area (Å²) in [6, 6.07) is 10.9. The zero-order chi connectivity index (χ0) is 30.8. The molecule has 1 N–H and O–H groups in total. The van der Waals surface area contributed by atoms with Crippen molar-refractivity contribution in [3.63, 3.8) is 0 Å². The summed E-state index contributed by atoms with van der Waals surface area (Å²) in [6.45, 7) is 12.6. The minimum absolute atomic E-state index is 0.244. The van der Waals surface area contributed by atoms with E-state index >= 15 is 0 Å². The van der Waals surface area contributed by atoms with E-state index in [0.717, 1.165) is 57.1 Å². The van der Waals surface area contributed by atoms with Gasteiger partial charge in [-0.1, -0.05) is 131 Å². The van der Waals surface area contributed by atoms with Gasteiger partial charge in [-0.15, -0.1) is 0 Å². The summed E-state index contributed by atoms with van der Waals surface area (Å²) in [6.07, 6.45) is 37.0. The van der Waals surface area contributed by atoms with Crippen LogP contribution in [0.3, 0.4) is 0 Å². The molecule has 5 rings (SSSR count). The Bertz CT molecular complexity index is 1510. The molecule has 44 heavy (non-hydrogen) atoms. The maximum absolute atomic E-state index is 5.44. The van der Waals surface area contributed by atoms with E-state index in [1.54, 1.807) is 0 Å². The molecule has 2 heterocycles. The first-order chi connectivity index (χ1) is 21.5. The van der Waals surface area contributed by atoms with Crippen LogP contribution in [-0.4, -0.2) is 12.3 Å². The van der Waals surface area contributed by atoms with Crippen LogP contribution in [0.2, 0.25) is 0 Å². The molecular weight excluding hydrogens is 532 g/mol. The number of benzene rings is 1. The van der Waals surface area contributed by atoms with Gasteiger partial charge in [0.05, 0.1) is 0 Å². The monoisotopic (exact) mass is 582 g/mol. The van der Waals surface area contributed by atoms with Crippen LogP contribution >= 0.6 is 0 Å². The van der Waals surface area contributed by atoms with Gasteiger partial charge >= 0.3 is 0 Å². The summed E-state index contributed by atoms with van der Waals surface area (Å²) in [5.41, 5.74) is 11.0. The highest BCUT2D eigenvalue weighted by Gasteiger charge is 2.34. The van der Waals surface area contributed by atoms with Crippen LogP contribution in [0, 0.1) is 11.3 Å². The lowest BCUT2D eigenvalue weighted by Crippen LogP contribution is -2.24. The second-order valence-corrected chi connectivity index (χ2v) is 12.7. The lowest BCUT2D eigenvalue weighted by atomic mass is 9.74. The number of allylic oxidation sites excluding steroid dienone is 15. The van der Waals surface area contributed by atoms with Gasteiger partial charge in [-0.2, -0.15) is 0 Å². The summed E-state index contributed by atoms with van der Waals surface area (Å²) in [7, 11) is 0. The van der Waals surface area contributed by atoms with Crippen molar-refractivity contribution in [3.8, 4) is 0 Å². The first kappa shape index (κ1) is 31.5. The van der Waals surface area contributed by atoms with E-state index in [0.29, 0.717) is 5.92 Å². The topological polar surface area (TPSA) is 24.4 Å². The first-order valence-electron chi connectivity index (χ1n) is 16.8. The standard InChI is InChI=1S/C42H50N2/c1-5-6-7-8-11-20-32(2)38-27-18-28-40(44-38)42(4)29-19-25-36(39-26-16-17-30-43-39)37(31-42)41(35-23-14-10-15-24-35)33(3)34-21-12-9-13-22-34/h7-10,12,14-17,19,21,23-26,28-29,32,43H,3,5-6,11,13,18,20,22,27,30-31H2,1-2,4H3/b8-7-,41-37-. The molecule has 0 radical (unpaired) electrons. The molecule has 2 atom stereocenters. The van der Waals surface area contributed by atoms with Crippen LogP contribution in [-0.2, 0) is 0 Å². The average molecular weight is 583 g/mol. The van der Waals surface area contributed by atoms with Crippen LogP contribution in [0.4, 0.5) is 0 Å². The lowest BCUT2D eigenvalue weighted by Gasteiger charge is -2.33. The quantitative estimate of drug-likeness (QED) is 0.258. The Morgan fingerprint density at radius 1 is 1.00 bits per heavy atom. The zero-order valence-corrected chi connectivity index (χ0v) is 27.1. The SMILES string of the molecule is C=C(C1=CC=CCC1)/C(=C1\CC(C)(C2=CCCC(C(C)CC/C=C\CCC)=N2)C=CC=C1C1=CC=CCN1)c1ccccc1. The molecule has 0 saturated heterocycles. The Labute approximate surface area is 266 Å². The second kappa shape index (κ2) is 15.2. The van der Waals surface area contributed by atoms with Crippen molar-refractivity contribution in [1.29, 1.82) is 0 Å². The van der Waals surface area contributed by atoms with Crippen molar-refractivity contribution in [3.05, 3.63) is 149 Å². The fraction of sp³-hybridized carbons (Fsp3) is 0.357. The minimum Gasteiger partial charge on any atom is -0.381 e. The van der Waals surface area contributed by atoms with Crippen molar-refractivity contribution in [1.82, 2.24) is 5.32 Å². The number of aliphatic imine (C=N–C) groups is 1. The van der Waals surface area contributed by atoms with Crippen molar-refractivity contribution < 1.29 is 0 Å². The van der Waals surface area contributed by atoms with Gasteiger partial charge in [-0.05, 0) is 91.2 Å². The predicted molar refractivity (Wildman–Crippen MR) is 191 cm³/mol. The fourth-order valence-electron chi connectivity index (χ4n) is 6.67. The molecule has 0 spiro atoms. The van der Waals surface area contributed by atoms with Crippen LogP contribution in [0.15, 0.2) is 149 Å². The Balaban J connectivity index is 1.57. The van der Waals surface area contributed by atoms with Gasteiger partial charge in [0.25, 0.3) is 0 Å². The number of nitrogens with zero attached hydrogens (tertiary/aromatic N) is 1. The van der Waals surface area contributed by atoms with Crippen molar-refractivity contribution in [2.75, 3.05) is 6.54 Å². The molecule has 0 amide bonds. The maximum atomic E-state index is 5.44. The van der Waals surface area contributed by atoms with Crippen molar-refractivity contribution in [2.45, 2.75) is 78.6 Å². The van der Waals surface area contributed by atoms with Crippen LogP contribution in [0.1, 0.15) is 84.1 Å². The van der Waals surface area contributed by atoms with Crippen LogP contribution in [0.25, 0.3) is 5.57 Å². The Kier molecular flexibility index (Phi) is 10.9. The van der Waals surface area contributed by atoms with Crippen molar-refractivity contribution in [2.24, 2.45) is 16.3 Å². The second-order valence-electron chi connectivity index (χ2n) is 12.7. The molecule has 228 valence electrons. The predicted octanol–water partition coefficient (Wildman–Crippen LogP) is 11.1. The van der Waals surface area contributed by atoms with Gasteiger partial charge in [-0.3, -0.25) is 4.99 Å². The third kappa shape index (κ3) is 7.59. The molecule has 1 aromatic rings. The normalized spacial score (nSPS) is 23.6. The third-order valence-corrected chi connectivity index (χ3v) is 9.31. The summed E-state index contributed by atoms with van der Waals surface area (Å²) in [5, 5.41) is 3.67. The smallest absolute Gasteiger partial charge is 0.0463 e. The molecule has 0 fully saturated rings. The van der Waals surface area contributed by atoms with Crippen LogP contribution < -0.4 is 5.32 Å². The molecule has 1 aromatic carbocycles. The molecule has 0 saturated carbocycles. The van der Waals surface area contributed by atoms with Crippen LogP contribution in [0.5, 0.6) is 0 Å². The summed E-state index contributed by atoms with van der Waals surface area (Å²) in [5.74, 6) is 0.487. The summed E-state index contributed by atoms with van der Waals surface area (Å²) in [4.78, 5) is 5.44. The average Bonchev–Trinajstić information content (AvgIpc) is 3.25. The minimum atomic E-state index is -0.244. The van der Waals surface area contributed by atoms with E-state index in [1.165, 1.54) is 57.8 Å². The molecule has 4 aliphatic rings. The molecule has 2 nitrogen and oxygen atoms in total. The van der Waals surface area contributed by atoms with Gasteiger partial charge in [0.2, 0.25) is 0 Å². The number of unbranched alkanes of at least 4 members (excludes halogenated alkanes) is 1. The van der Waals surface area contributed by atoms with Gasteiger partial charge in [0.15, 0.2) is 0 Å². The van der Waals surface area contributed by atoms with Crippen molar-refractivity contribution >= 4 is 11.3 Å². The van der Waals surface area contributed by atoms with Gasteiger partial charge in [-0.25, -0.2) is 0 Å².